The van der Waals surface area contributed by atoms with Crippen LogP contribution in [0.4, 0.5) is 5.82 Å². The molecular weight excluding hydrogens is 378 g/mol. The molecule has 0 radical (unpaired) electrons. The van der Waals surface area contributed by atoms with Crippen molar-refractivity contribution in [1.29, 1.82) is 0 Å². The second-order valence-electron chi connectivity index (χ2n) is 6.19. The summed E-state index contributed by atoms with van der Waals surface area (Å²) < 4.78 is 6.00. The van der Waals surface area contributed by atoms with E-state index in [2.05, 4.69) is 35.8 Å². The first-order valence-electron chi connectivity index (χ1n) is 9.02. The minimum atomic E-state index is -0.525. The van der Waals surface area contributed by atoms with Crippen molar-refractivity contribution in [3.63, 3.8) is 0 Å². The Morgan fingerprint density at radius 2 is 2.03 bits per heavy atom. The van der Waals surface area contributed by atoms with Gasteiger partial charge in [-0.25, -0.2) is 10.1 Å². The number of aromatic hydroxyl groups is 1. The van der Waals surface area contributed by atoms with E-state index in [4.69, 9.17) is 5.73 Å². The Morgan fingerprint density at radius 1 is 1.31 bits per heavy atom. The van der Waals surface area contributed by atoms with Crippen molar-refractivity contribution in [1.82, 2.24) is 30.7 Å². The summed E-state index contributed by atoms with van der Waals surface area (Å²) in [5.41, 5.74) is 9.54. The van der Waals surface area contributed by atoms with E-state index >= 15 is 0 Å². The number of benzene rings is 1. The number of nitrogens with zero attached hydrogens (tertiary/aromatic N) is 6. The van der Waals surface area contributed by atoms with Crippen LogP contribution in [0.25, 0.3) is 5.82 Å². The minimum Gasteiger partial charge on any atom is -0.508 e. The molecule has 0 aliphatic carbocycles. The van der Waals surface area contributed by atoms with E-state index in [0.29, 0.717) is 17.8 Å². The number of carbonyl (C=O) groups excluding carboxylic acids is 1. The number of nitrogen functional groups attached to an aromatic ring is 1. The number of phenols is 1. The highest BCUT2D eigenvalue weighted by atomic mass is 16.6. The second-order valence-corrected chi connectivity index (χ2v) is 6.19. The largest absolute Gasteiger partial charge is 0.508 e. The van der Waals surface area contributed by atoms with Gasteiger partial charge in [-0.05, 0) is 54.0 Å². The average Bonchev–Trinajstić information content (AvgIpc) is 3.33. The summed E-state index contributed by atoms with van der Waals surface area (Å²) in [6.07, 6.45) is 1.45. The van der Waals surface area contributed by atoms with Crippen LogP contribution in [0.2, 0.25) is 0 Å². The predicted octanol–water partition coefficient (Wildman–Crippen LogP) is -0.873. The molecule has 0 unspecified atom stereocenters. The van der Waals surface area contributed by atoms with E-state index in [-0.39, 0.29) is 23.1 Å². The van der Waals surface area contributed by atoms with Gasteiger partial charge in [0.25, 0.3) is 5.91 Å². The molecule has 0 bridgehead atoms. The number of carbonyl (C=O) groups is 1. The second kappa shape index (κ2) is 8.93. The summed E-state index contributed by atoms with van der Waals surface area (Å²) in [7, 11) is 0. The van der Waals surface area contributed by atoms with Gasteiger partial charge in [0.15, 0.2) is 5.69 Å². The van der Waals surface area contributed by atoms with Crippen molar-refractivity contribution in [2.24, 2.45) is 5.10 Å². The molecule has 0 spiro atoms. The molecule has 12 nitrogen and oxygen atoms in total. The lowest BCUT2D eigenvalue weighted by molar-refractivity contribution is -0.910. The SMILES string of the molecule is CC[NH+](CC)Cc1c(C(=O)N/N=C/c2ccc(O)cc2)nnn1-c1nonc1N. The normalized spacial score (nSPS) is 11.4. The van der Waals surface area contributed by atoms with Gasteiger partial charge in [-0.2, -0.15) is 9.78 Å². The predicted molar refractivity (Wildman–Crippen MR) is 103 cm³/mol. The van der Waals surface area contributed by atoms with Crippen LogP contribution in [0.1, 0.15) is 35.6 Å². The number of nitrogens with two attached hydrogens (primary N) is 1. The molecule has 2 heterocycles. The number of phenolic OH excluding ortho intramolecular Hbond substituents is 1. The number of hydrogen-bond donors (Lipinski definition) is 4. The van der Waals surface area contributed by atoms with E-state index in [0.717, 1.165) is 13.1 Å². The van der Waals surface area contributed by atoms with Gasteiger partial charge in [-0.1, -0.05) is 5.21 Å². The monoisotopic (exact) mass is 400 g/mol. The standard InChI is InChI=1S/C17H21N9O3/c1-3-25(4-2)10-13-14(20-24-26(13)16-15(18)22-29-23-16)17(28)21-19-9-11-5-7-12(27)8-6-11/h5-9,27H,3-4,10H2,1-2H3,(H2,18,22)(H,21,28)/p+1/b19-9+. The summed E-state index contributed by atoms with van der Waals surface area (Å²) in [5, 5.41) is 28.5. The van der Waals surface area contributed by atoms with Crippen LogP contribution in [-0.2, 0) is 6.54 Å². The topological polar surface area (TPSA) is 162 Å². The molecule has 3 aromatic rings. The fraction of sp³-hybridized carbons (Fsp3) is 0.294. The Bertz CT molecular complexity index is 990. The number of rotatable bonds is 8. The smallest absolute Gasteiger partial charge is 0.294 e. The first kappa shape index (κ1) is 19.9. The lowest BCUT2D eigenvalue weighted by Crippen LogP contribution is -3.10. The van der Waals surface area contributed by atoms with Crippen molar-refractivity contribution >= 4 is 17.9 Å². The van der Waals surface area contributed by atoms with E-state index in [1.54, 1.807) is 12.1 Å². The maximum Gasteiger partial charge on any atom is 0.294 e. The fourth-order valence-corrected chi connectivity index (χ4v) is 2.66. The summed E-state index contributed by atoms with van der Waals surface area (Å²) in [5.74, 6) is -0.162. The van der Waals surface area contributed by atoms with Crippen LogP contribution in [0, 0.1) is 0 Å². The number of nitrogens with one attached hydrogen (secondary N) is 2. The molecule has 29 heavy (non-hydrogen) atoms. The zero-order valence-electron chi connectivity index (χ0n) is 16.0. The molecule has 0 aliphatic heterocycles. The van der Waals surface area contributed by atoms with Crippen LogP contribution >= 0.6 is 0 Å². The number of quaternary nitrogens is 1. The molecule has 2 aromatic heterocycles. The summed E-state index contributed by atoms with van der Waals surface area (Å²) in [6, 6.07) is 6.37. The van der Waals surface area contributed by atoms with Gasteiger partial charge in [0.1, 0.15) is 18.0 Å². The van der Waals surface area contributed by atoms with Crippen molar-refractivity contribution in [3.05, 3.63) is 41.2 Å². The fourth-order valence-electron chi connectivity index (χ4n) is 2.66. The average molecular weight is 400 g/mol. The molecule has 1 aromatic carbocycles. The molecule has 12 heteroatoms. The van der Waals surface area contributed by atoms with E-state index in [1.165, 1.54) is 27.9 Å². The van der Waals surface area contributed by atoms with Crippen LogP contribution < -0.4 is 16.1 Å². The van der Waals surface area contributed by atoms with Crippen LogP contribution in [0.15, 0.2) is 34.0 Å². The third-order valence-corrected chi connectivity index (χ3v) is 4.36. The zero-order chi connectivity index (χ0) is 20.8. The van der Waals surface area contributed by atoms with Gasteiger partial charge in [0.05, 0.1) is 19.3 Å². The number of amides is 1. The molecule has 152 valence electrons. The molecule has 0 fully saturated rings. The highest BCUT2D eigenvalue weighted by Gasteiger charge is 2.26. The minimum absolute atomic E-state index is 0.0445. The molecule has 3 rings (SSSR count). The van der Waals surface area contributed by atoms with E-state index in [1.807, 2.05) is 13.8 Å². The zero-order valence-corrected chi connectivity index (χ0v) is 16.0. The Labute approximate surface area is 166 Å². The molecule has 0 atom stereocenters. The third-order valence-electron chi connectivity index (χ3n) is 4.36. The van der Waals surface area contributed by atoms with E-state index in [9.17, 15) is 9.90 Å². The summed E-state index contributed by atoms with van der Waals surface area (Å²) >= 11 is 0. The Hall–Kier alpha value is -3.80. The van der Waals surface area contributed by atoms with Crippen molar-refractivity contribution in [2.45, 2.75) is 20.4 Å². The highest BCUT2D eigenvalue weighted by Crippen LogP contribution is 2.15. The molecule has 5 N–H and O–H groups in total. The number of hydrogen-bond acceptors (Lipinski definition) is 9. The van der Waals surface area contributed by atoms with Gasteiger partial charge in [-0.15, -0.1) is 5.10 Å². The number of anilines is 1. The lowest BCUT2D eigenvalue weighted by Gasteiger charge is -2.15. The molecule has 0 saturated heterocycles. The van der Waals surface area contributed by atoms with Crippen LogP contribution in [0.5, 0.6) is 5.75 Å². The highest BCUT2D eigenvalue weighted by molar-refractivity contribution is 5.94. The molecular formula is C17H22N9O3+. The third kappa shape index (κ3) is 4.55. The first-order valence-corrected chi connectivity index (χ1v) is 9.02. The summed E-state index contributed by atoms with van der Waals surface area (Å²) in [4.78, 5) is 13.9. The van der Waals surface area contributed by atoms with Crippen molar-refractivity contribution in [2.75, 3.05) is 18.8 Å². The lowest BCUT2D eigenvalue weighted by atomic mass is 10.2. The molecule has 0 aliphatic rings. The Morgan fingerprint density at radius 3 is 2.66 bits per heavy atom. The van der Waals surface area contributed by atoms with E-state index < -0.39 is 5.91 Å². The number of hydrazone groups is 1. The summed E-state index contributed by atoms with van der Waals surface area (Å²) in [6.45, 7) is 6.24. The quantitative estimate of drug-likeness (QED) is 0.280. The first-order chi connectivity index (χ1) is 14.0. The molecule has 1 amide bonds. The Balaban J connectivity index is 1.85. The van der Waals surface area contributed by atoms with Crippen LogP contribution in [0.3, 0.4) is 0 Å². The van der Waals surface area contributed by atoms with Crippen molar-refractivity contribution < 1.29 is 19.4 Å². The maximum atomic E-state index is 12.7. The van der Waals surface area contributed by atoms with Gasteiger partial charge < -0.3 is 15.7 Å². The molecule has 0 saturated carbocycles. The van der Waals surface area contributed by atoms with Crippen molar-refractivity contribution in [3.8, 4) is 11.6 Å². The number of aromatic nitrogens is 5. The van der Waals surface area contributed by atoms with Crippen LogP contribution in [-0.4, -0.2) is 55.6 Å². The van der Waals surface area contributed by atoms with Gasteiger partial charge in [0, 0.05) is 0 Å². The Kier molecular flexibility index (Phi) is 6.14. The maximum absolute atomic E-state index is 12.7. The van der Waals surface area contributed by atoms with Gasteiger partial charge >= 0.3 is 0 Å². The van der Waals surface area contributed by atoms with Gasteiger partial charge in [0.2, 0.25) is 11.6 Å². The van der Waals surface area contributed by atoms with Gasteiger partial charge in [-0.3, -0.25) is 4.79 Å².